The molecule has 0 spiro atoms. The molecule has 1 aromatic heterocycles. The Morgan fingerprint density at radius 2 is 2.00 bits per heavy atom. The van der Waals surface area contributed by atoms with Crippen LogP contribution in [0.5, 0.6) is 0 Å². The average molecular weight is 269 g/mol. The summed E-state index contributed by atoms with van der Waals surface area (Å²) in [5, 5.41) is 7.76. The molecule has 0 unspecified atom stereocenters. The summed E-state index contributed by atoms with van der Waals surface area (Å²) in [5.74, 6) is -0.399. The minimum Gasteiger partial charge on any atom is -0.306 e. The number of amides is 1. The summed E-state index contributed by atoms with van der Waals surface area (Å²) >= 11 is 0. The monoisotopic (exact) mass is 269 g/mol. The van der Waals surface area contributed by atoms with Gasteiger partial charge in [0.1, 0.15) is 5.82 Å². The minimum absolute atomic E-state index is 0.396. The number of hydrogen-bond acceptors (Lipinski definition) is 2. The SMILES string of the molecule is Cc1nn(C(=O)Nc2cccc(F)c2)c2ccccc12. The fourth-order valence-electron chi connectivity index (χ4n) is 2.12. The van der Waals surface area contributed by atoms with Gasteiger partial charge in [-0.1, -0.05) is 24.3 Å². The first-order chi connectivity index (χ1) is 9.65. The van der Waals surface area contributed by atoms with E-state index >= 15 is 0 Å². The Labute approximate surface area is 114 Å². The molecular weight excluding hydrogens is 257 g/mol. The number of nitrogens with one attached hydrogen (secondary N) is 1. The van der Waals surface area contributed by atoms with E-state index in [1.54, 1.807) is 6.07 Å². The van der Waals surface area contributed by atoms with Gasteiger partial charge >= 0.3 is 6.03 Å². The Balaban J connectivity index is 1.97. The third kappa shape index (κ3) is 2.14. The highest BCUT2D eigenvalue weighted by molar-refractivity contribution is 5.97. The number of rotatable bonds is 1. The highest BCUT2D eigenvalue weighted by Crippen LogP contribution is 2.18. The lowest BCUT2D eigenvalue weighted by molar-refractivity contribution is 0.251. The van der Waals surface area contributed by atoms with Crippen molar-refractivity contribution in [3.8, 4) is 0 Å². The predicted octanol–water partition coefficient (Wildman–Crippen LogP) is 3.56. The molecule has 4 nitrogen and oxygen atoms in total. The molecule has 0 saturated heterocycles. The van der Waals surface area contributed by atoms with Gasteiger partial charge in [-0.15, -0.1) is 0 Å². The summed E-state index contributed by atoms with van der Waals surface area (Å²) in [4.78, 5) is 12.2. The summed E-state index contributed by atoms with van der Waals surface area (Å²) in [6.07, 6.45) is 0. The molecule has 0 radical (unpaired) electrons. The van der Waals surface area contributed by atoms with Crippen molar-refractivity contribution in [2.24, 2.45) is 0 Å². The molecule has 0 bridgehead atoms. The summed E-state index contributed by atoms with van der Waals surface area (Å²) in [6, 6.07) is 12.8. The van der Waals surface area contributed by atoms with Crippen molar-refractivity contribution in [2.75, 3.05) is 5.32 Å². The van der Waals surface area contributed by atoms with E-state index in [0.29, 0.717) is 5.69 Å². The number of aromatic nitrogens is 2. The van der Waals surface area contributed by atoms with Crippen molar-refractivity contribution in [3.63, 3.8) is 0 Å². The van der Waals surface area contributed by atoms with Gasteiger partial charge in [-0.2, -0.15) is 9.78 Å². The smallest absolute Gasteiger partial charge is 0.306 e. The Hall–Kier alpha value is -2.69. The summed E-state index contributed by atoms with van der Waals surface area (Å²) in [5.41, 5.74) is 1.89. The molecule has 0 aliphatic heterocycles. The van der Waals surface area contributed by atoms with E-state index in [-0.39, 0.29) is 0 Å². The van der Waals surface area contributed by atoms with Gasteiger partial charge in [-0.05, 0) is 31.2 Å². The first kappa shape index (κ1) is 12.3. The molecule has 100 valence electrons. The van der Waals surface area contributed by atoms with E-state index in [1.807, 2.05) is 31.2 Å². The number of nitrogens with zero attached hydrogens (tertiary/aromatic N) is 2. The van der Waals surface area contributed by atoms with Crippen molar-refractivity contribution in [2.45, 2.75) is 6.92 Å². The summed E-state index contributed by atoms with van der Waals surface area (Å²) < 4.78 is 14.4. The second-order valence-electron chi connectivity index (χ2n) is 4.45. The van der Waals surface area contributed by atoms with Crippen LogP contribution in [-0.2, 0) is 0 Å². The lowest BCUT2D eigenvalue weighted by atomic mass is 10.2. The number of halogens is 1. The van der Waals surface area contributed by atoms with Crippen LogP contribution in [0, 0.1) is 12.7 Å². The number of benzene rings is 2. The van der Waals surface area contributed by atoms with Crippen LogP contribution in [-0.4, -0.2) is 15.8 Å². The van der Waals surface area contributed by atoms with E-state index < -0.39 is 11.8 Å². The molecule has 0 atom stereocenters. The van der Waals surface area contributed by atoms with Crippen molar-refractivity contribution in [3.05, 3.63) is 60.0 Å². The van der Waals surface area contributed by atoms with Gasteiger partial charge in [0.15, 0.2) is 0 Å². The predicted molar refractivity (Wildman–Crippen MR) is 75.3 cm³/mol. The first-order valence-corrected chi connectivity index (χ1v) is 6.16. The Kier molecular flexibility index (Phi) is 2.95. The number of aryl methyl sites for hydroxylation is 1. The maximum atomic E-state index is 13.1. The summed E-state index contributed by atoms with van der Waals surface area (Å²) in [7, 11) is 0. The van der Waals surface area contributed by atoms with E-state index in [1.165, 1.54) is 22.9 Å². The number of carbonyl (C=O) groups excluding carboxylic acids is 1. The molecule has 0 aliphatic carbocycles. The Bertz CT molecular complexity index is 795. The maximum absolute atomic E-state index is 13.1. The molecule has 5 heteroatoms. The van der Waals surface area contributed by atoms with Gasteiger partial charge in [0.25, 0.3) is 0 Å². The second-order valence-corrected chi connectivity index (χ2v) is 4.45. The van der Waals surface area contributed by atoms with E-state index in [2.05, 4.69) is 10.4 Å². The molecule has 0 saturated carbocycles. The van der Waals surface area contributed by atoms with Gasteiger partial charge in [-0.3, -0.25) is 0 Å². The summed E-state index contributed by atoms with van der Waals surface area (Å²) in [6.45, 7) is 1.84. The van der Waals surface area contributed by atoms with Crippen LogP contribution in [0.3, 0.4) is 0 Å². The number of hydrogen-bond donors (Lipinski definition) is 1. The van der Waals surface area contributed by atoms with Crippen molar-refractivity contribution in [1.82, 2.24) is 9.78 Å². The normalized spacial score (nSPS) is 10.7. The van der Waals surface area contributed by atoms with E-state index in [0.717, 1.165) is 16.6 Å². The van der Waals surface area contributed by atoms with Crippen LogP contribution >= 0.6 is 0 Å². The lowest BCUT2D eigenvalue weighted by Gasteiger charge is -2.05. The largest absolute Gasteiger partial charge is 0.347 e. The van der Waals surface area contributed by atoms with E-state index in [9.17, 15) is 9.18 Å². The van der Waals surface area contributed by atoms with Gasteiger partial charge < -0.3 is 5.32 Å². The number of fused-ring (bicyclic) bond motifs is 1. The van der Waals surface area contributed by atoms with Crippen LogP contribution in [0.2, 0.25) is 0 Å². The number of anilines is 1. The van der Waals surface area contributed by atoms with Gasteiger partial charge in [-0.25, -0.2) is 9.18 Å². The van der Waals surface area contributed by atoms with E-state index in [4.69, 9.17) is 0 Å². The minimum atomic E-state index is -0.417. The van der Waals surface area contributed by atoms with Crippen molar-refractivity contribution >= 4 is 22.6 Å². The third-order valence-electron chi connectivity index (χ3n) is 3.04. The average Bonchev–Trinajstić information content (AvgIpc) is 2.77. The Morgan fingerprint density at radius 3 is 2.80 bits per heavy atom. The molecule has 1 amide bonds. The van der Waals surface area contributed by atoms with Crippen LogP contribution in [0.25, 0.3) is 10.9 Å². The van der Waals surface area contributed by atoms with Crippen LogP contribution in [0.1, 0.15) is 5.69 Å². The second kappa shape index (κ2) is 4.77. The zero-order valence-electron chi connectivity index (χ0n) is 10.8. The van der Waals surface area contributed by atoms with Crippen molar-refractivity contribution in [1.29, 1.82) is 0 Å². The fraction of sp³-hybridized carbons (Fsp3) is 0.0667. The van der Waals surface area contributed by atoms with Crippen LogP contribution in [0.4, 0.5) is 14.9 Å². The highest BCUT2D eigenvalue weighted by atomic mass is 19.1. The first-order valence-electron chi connectivity index (χ1n) is 6.16. The zero-order valence-corrected chi connectivity index (χ0v) is 10.8. The third-order valence-corrected chi connectivity index (χ3v) is 3.04. The molecule has 1 heterocycles. The Morgan fingerprint density at radius 1 is 1.20 bits per heavy atom. The van der Waals surface area contributed by atoms with Gasteiger partial charge in [0.05, 0.1) is 11.2 Å². The molecule has 3 aromatic rings. The van der Waals surface area contributed by atoms with Crippen molar-refractivity contribution < 1.29 is 9.18 Å². The molecule has 0 fully saturated rings. The fourth-order valence-corrected chi connectivity index (χ4v) is 2.12. The number of para-hydroxylation sites is 1. The molecular formula is C15H12FN3O. The van der Waals surface area contributed by atoms with Gasteiger partial charge in [0, 0.05) is 11.1 Å². The lowest BCUT2D eigenvalue weighted by Crippen LogP contribution is -2.20. The maximum Gasteiger partial charge on any atom is 0.347 e. The molecule has 3 rings (SSSR count). The molecule has 2 aromatic carbocycles. The van der Waals surface area contributed by atoms with Gasteiger partial charge in [0.2, 0.25) is 0 Å². The quantitative estimate of drug-likeness (QED) is 0.734. The molecule has 1 N–H and O–H groups in total. The van der Waals surface area contributed by atoms with Crippen LogP contribution < -0.4 is 5.32 Å². The standard InChI is InChI=1S/C15H12FN3O/c1-10-13-7-2-3-8-14(13)19(18-10)15(20)17-12-6-4-5-11(16)9-12/h2-9H,1H3,(H,17,20). The van der Waals surface area contributed by atoms with Crippen LogP contribution in [0.15, 0.2) is 48.5 Å². The zero-order chi connectivity index (χ0) is 14.1. The molecule has 20 heavy (non-hydrogen) atoms. The topological polar surface area (TPSA) is 46.9 Å². The highest BCUT2D eigenvalue weighted by Gasteiger charge is 2.13. The number of carbonyl (C=O) groups is 1. The molecule has 0 aliphatic rings.